The van der Waals surface area contributed by atoms with Crippen LogP contribution in [0.2, 0.25) is 0 Å². The van der Waals surface area contributed by atoms with Gasteiger partial charge in [0.1, 0.15) is 11.4 Å². The zero-order valence-electron chi connectivity index (χ0n) is 13.0. The van der Waals surface area contributed by atoms with Gasteiger partial charge < -0.3 is 14.8 Å². The summed E-state index contributed by atoms with van der Waals surface area (Å²) < 4.78 is 10.5. The van der Waals surface area contributed by atoms with E-state index in [1.807, 2.05) is 32.9 Å². The molecule has 5 nitrogen and oxygen atoms in total. The molecule has 0 saturated heterocycles. The third kappa shape index (κ3) is 5.38. The van der Waals surface area contributed by atoms with Crippen LogP contribution in [-0.4, -0.2) is 24.8 Å². The predicted molar refractivity (Wildman–Crippen MR) is 81.6 cm³/mol. The highest BCUT2D eigenvalue weighted by molar-refractivity contribution is 5.87. The number of hydrogen-bond acceptors (Lipinski definition) is 4. The first-order chi connectivity index (χ1) is 9.21. The molecule has 0 heterocycles. The largest absolute Gasteiger partial charge is 0.494 e. The monoisotopic (exact) mass is 280 g/mol. The standard InChI is InChI=1S/C15H24N2O3/c1-10(2)16-11-7-8-12(13(9-11)19-6)17-14(18)20-15(3,4)5/h7-10,16H,1-6H3,(H,17,18). The number of benzene rings is 1. The van der Waals surface area contributed by atoms with E-state index < -0.39 is 11.7 Å². The average Bonchev–Trinajstić information content (AvgIpc) is 2.27. The van der Waals surface area contributed by atoms with Gasteiger partial charge in [-0.25, -0.2) is 4.79 Å². The van der Waals surface area contributed by atoms with Crippen LogP contribution >= 0.6 is 0 Å². The summed E-state index contributed by atoms with van der Waals surface area (Å²) in [6.07, 6.45) is -0.500. The van der Waals surface area contributed by atoms with Crippen molar-refractivity contribution < 1.29 is 14.3 Å². The van der Waals surface area contributed by atoms with E-state index in [9.17, 15) is 4.79 Å². The summed E-state index contributed by atoms with van der Waals surface area (Å²) >= 11 is 0. The summed E-state index contributed by atoms with van der Waals surface area (Å²) in [5, 5.41) is 5.96. The van der Waals surface area contributed by atoms with Gasteiger partial charge in [-0.3, -0.25) is 5.32 Å². The topological polar surface area (TPSA) is 59.6 Å². The molecule has 1 rings (SSSR count). The zero-order chi connectivity index (χ0) is 15.3. The van der Waals surface area contributed by atoms with E-state index in [-0.39, 0.29) is 0 Å². The first-order valence-corrected chi connectivity index (χ1v) is 6.66. The van der Waals surface area contributed by atoms with E-state index in [1.165, 1.54) is 0 Å². The Morgan fingerprint density at radius 1 is 1.25 bits per heavy atom. The third-order valence-electron chi connectivity index (χ3n) is 2.29. The predicted octanol–water partition coefficient (Wildman–Crippen LogP) is 3.86. The molecule has 5 heteroatoms. The van der Waals surface area contributed by atoms with Gasteiger partial charge in [-0.1, -0.05) is 0 Å². The molecule has 0 spiro atoms. The van der Waals surface area contributed by atoms with Crippen molar-refractivity contribution in [2.45, 2.75) is 46.3 Å². The van der Waals surface area contributed by atoms with Crippen LogP contribution in [0.4, 0.5) is 16.2 Å². The summed E-state index contributed by atoms with van der Waals surface area (Å²) in [7, 11) is 1.56. The van der Waals surface area contributed by atoms with Crippen molar-refractivity contribution in [2.75, 3.05) is 17.7 Å². The smallest absolute Gasteiger partial charge is 0.412 e. The second kappa shape index (κ2) is 6.50. The Kier molecular flexibility index (Phi) is 5.25. The maximum Gasteiger partial charge on any atom is 0.412 e. The minimum Gasteiger partial charge on any atom is -0.494 e. The lowest BCUT2D eigenvalue weighted by atomic mass is 10.2. The number of hydrogen-bond donors (Lipinski definition) is 2. The molecule has 0 bridgehead atoms. The van der Waals surface area contributed by atoms with Crippen molar-refractivity contribution in [2.24, 2.45) is 0 Å². The number of nitrogens with one attached hydrogen (secondary N) is 2. The molecular weight excluding hydrogens is 256 g/mol. The van der Waals surface area contributed by atoms with Crippen LogP contribution in [0.25, 0.3) is 0 Å². The molecule has 0 aliphatic carbocycles. The fourth-order valence-electron chi connectivity index (χ4n) is 1.63. The highest BCUT2D eigenvalue weighted by atomic mass is 16.6. The van der Waals surface area contributed by atoms with Crippen LogP contribution in [0.1, 0.15) is 34.6 Å². The molecular formula is C15H24N2O3. The van der Waals surface area contributed by atoms with Gasteiger partial charge in [0.2, 0.25) is 0 Å². The van der Waals surface area contributed by atoms with Gasteiger partial charge in [0.15, 0.2) is 0 Å². The van der Waals surface area contributed by atoms with Gasteiger partial charge in [0, 0.05) is 17.8 Å². The molecule has 0 aliphatic heterocycles. The summed E-state index contributed by atoms with van der Waals surface area (Å²) in [5.74, 6) is 0.585. The molecule has 0 unspecified atom stereocenters. The normalized spacial score (nSPS) is 11.2. The molecule has 1 aromatic rings. The number of anilines is 2. The maximum absolute atomic E-state index is 11.8. The first-order valence-electron chi connectivity index (χ1n) is 6.66. The Hall–Kier alpha value is -1.91. The number of carbonyl (C=O) groups is 1. The Balaban J connectivity index is 2.82. The third-order valence-corrected chi connectivity index (χ3v) is 2.29. The minimum absolute atomic E-state index is 0.323. The van der Waals surface area contributed by atoms with E-state index in [1.54, 1.807) is 13.2 Å². The molecule has 2 N–H and O–H groups in total. The van der Waals surface area contributed by atoms with Gasteiger partial charge in [0.25, 0.3) is 0 Å². The van der Waals surface area contributed by atoms with Gasteiger partial charge in [-0.15, -0.1) is 0 Å². The molecule has 112 valence electrons. The maximum atomic E-state index is 11.8. The summed E-state index contributed by atoms with van der Waals surface area (Å²) in [5.41, 5.74) is 0.985. The average molecular weight is 280 g/mol. The van der Waals surface area contributed by atoms with Gasteiger partial charge in [-0.05, 0) is 46.8 Å². The van der Waals surface area contributed by atoms with Crippen LogP contribution in [0.5, 0.6) is 5.75 Å². The Bertz CT molecular complexity index is 465. The van der Waals surface area contributed by atoms with Crippen LogP contribution in [0, 0.1) is 0 Å². The highest BCUT2D eigenvalue weighted by Gasteiger charge is 2.17. The van der Waals surface area contributed by atoms with E-state index in [0.29, 0.717) is 17.5 Å². The van der Waals surface area contributed by atoms with Crippen molar-refractivity contribution in [3.8, 4) is 5.75 Å². The van der Waals surface area contributed by atoms with Gasteiger partial charge in [0.05, 0.1) is 12.8 Å². The number of carbonyl (C=O) groups excluding carboxylic acids is 1. The lowest BCUT2D eigenvalue weighted by Gasteiger charge is -2.20. The minimum atomic E-state index is -0.531. The number of amides is 1. The SMILES string of the molecule is COc1cc(NC(C)C)ccc1NC(=O)OC(C)(C)C. The van der Waals surface area contributed by atoms with Crippen LogP contribution in [0.15, 0.2) is 18.2 Å². The lowest BCUT2D eigenvalue weighted by molar-refractivity contribution is 0.0635. The molecule has 0 atom stereocenters. The van der Waals surface area contributed by atoms with Crippen molar-refractivity contribution in [3.05, 3.63) is 18.2 Å². The number of methoxy groups -OCH3 is 1. The number of rotatable bonds is 4. The van der Waals surface area contributed by atoms with E-state index >= 15 is 0 Å². The van der Waals surface area contributed by atoms with Crippen molar-refractivity contribution >= 4 is 17.5 Å². The molecule has 0 aromatic heterocycles. The van der Waals surface area contributed by atoms with Crippen LogP contribution in [-0.2, 0) is 4.74 Å². The molecule has 20 heavy (non-hydrogen) atoms. The first kappa shape index (κ1) is 16.1. The fraction of sp³-hybridized carbons (Fsp3) is 0.533. The second-order valence-corrected chi connectivity index (χ2v) is 5.84. The lowest BCUT2D eigenvalue weighted by Crippen LogP contribution is -2.27. The zero-order valence-corrected chi connectivity index (χ0v) is 13.0. The van der Waals surface area contributed by atoms with Crippen molar-refractivity contribution in [3.63, 3.8) is 0 Å². The molecule has 0 saturated carbocycles. The van der Waals surface area contributed by atoms with Gasteiger partial charge >= 0.3 is 6.09 Å². The summed E-state index contributed by atoms with van der Waals surface area (Å²) in [6.45, 7) is 9.57. The van der Waals surface area contributed by atoms with Crippen molar-refractivity contribution in [1.29, 1.82) is 0 Å². The molecule has 1 amide bonds. The molecule has 0 radical (unpaired) electrons. The van der Waals surface area contributed by atoms with E-state index in [4.69, 9.17) is 9.47 Å². The van der Waals surface area contributed by atoms with Crippen LogP contribution < -0.4 is 15.4 Å². The Morgan fingerprint density at radius 2 is 1.90 bits per heavy atom. The number of ether oxygens (including phenoxy) is 2. The van der Waals surface area contributed by atoms with Gasteiger partial charge in [-0.2, -0.15) is 0 Å². The Labute approximate surface area is 120 Å². The summed E-state index contributed by atoms with van der Waals surface area (Å²) in [4.78, 5) is 11.8. The fourth-order valence-corrected chi connectivity index (χ4v) is 1.63. The summed E-state index contributed by atoms with van der Waals surface area (Å²) in [6, 6.07) is 5.83. The molecule has 1 aromatic carbocycles. The molecule has 0 fully saturated rings. The van der Waals surface area contributed by atoms with Crippen molar-refractivity contribution in [1.82, 2.24) is 0 Å². The van der Waals surface area contributed by atoms with E-state index in [0.717, 1.165) is 5.69 Å². The highest BCUT2D eigenvalue weighted by Crippen LogP contribution is 2.28. The quantitative estimate of drug-likeness (QED) is 0.879. The second-order valence-electron chi connectivity index (χ2n) is 5.84. The van der Waals surface area contributed by atoms with Crippen LogP contribution in [0.3, 0.4) is 0 Å². The van der Waals surface area contributed by atoms with E-state index in [2.05, 4.69) is 24.5 Å². The Morgan fingerprint density at radius 3 is 2.40 bits per heavy atom. The molecule has 0 aliphatic rings.